The van der Waals surface area contributed by atoms with E-state index in [4.69, 9.17) is 0 Å². The van der Waals surface area contributed by atoms with Crippen molar-refractivity contribution >= 4 is 0 Å². The van der Waals surface area contributed by atoms with Gasteiger partial charge in [0, 0.05) is 25.2 Å². The van der Waals surface area contributed by atoms with Gasteiger partial charge >= 0.3 is 0 Å². The Morgan fingerprint density at radius 2 is 1.67 bits per heavy atom. The van der Waals surface area contributed by atoms with Gasteiger partial charge in [-0.2, -0.15) is 0 Å². The van der Waals surface area contributed by atoms with Gasteiger partial charge in [-0.1, -0.05) is 54.6 Å². The molecule has 2 aromatic rings. The average molecular weight is 322 g/mol. The Labute approximate surface area is 145 Å². The van der Waals surface area contributed by atoms with Gasteiger partial charge < -0.3 is 10.0 Å². The minimum absolute atomic E-state index is 0.358. The summed E-state index contributed by atoms with van der Waals surface area (Å²) in [6.45, 7) is 5.83. The van der Waals surface area contributed by atoms with Gasteiger partial charge in [-0.25, -0.2) is 0 Å². The van der Waals surface area contributed by atoms with Crippen LogP contribution < -0.4 is 4.90 Å². The van der Waals surface area contributed by atoms with Crippen molar-refractivity contribution in [3.05, 3.63) is 71.3 Å². The number of nitrogens with one attached hydrogen (secondary N) is 1. The molecule has 2 nitrogen and oxygen atoms in total. The summed E-state index contributed by atoms with van der Waals surface area (Å²) in [6.07, 6.45) is 3.25. The molecule has 0 amide bonds. The largest absolute Gasteiger partial charge is 0.384 e. The van der Waals surface area contributed by atoms with Crippen molar-refractivity contribution in [3.63, 3.8) is 0 Å². The number of piperidine rings is 3. The van der Waals surface area contributed by atoms with Crippen LogP contribution in [0, 0.1) is 18.8 Å². The van der Waals surface area contributed by atoms with Gasteiger partial charge in [0.1, 0.15) is 5.60 Å². The molecule has 0 spiro atoms. The van der Waals surface area contributed by atoms with Crippen LogP contribution in [0.3, 0.4) is 0 Å². The first-order chi connectivity index (χ1) is 11.7. The normalized spacial score (nSPS) is 28.5. The summed E-state index contributed by atoms with van der Waals surface area (Å²) in [7, 11) is 0. The lowest BCUT2D eigenvalue weighted by Gasteiger charge is -2.49. The van der Waals surface area contributed by atoms with Crippen LogP contribution in [0.15, 0.2) is 54.6 Å². The van der Waals surface area contributed by atoms with Crippen molar-refractivity contribution in [2.45, 2.75) is 31.8 Å². The number of aryl methyl sites for hydroxylation is 1. The van der Waals surface area contributed by atoms with E-state index in [-0.39, 0.29) is 0 Å². The Balaban J connectivity index is 1.76. The molecule has 24 heavy (non-hydrogen) atoms. The maximum atomic E-state index is 12.1. The smallest absolute Gasteiger partial charge is 0.102 e. The molecule has 2 aromatic carbocycles. The first-order valence-corrected chi connectivity index (χ1v) is 9.33. The third-order valence-electron chi connectivity index (χ3n) is 6.36. The van der Waals surface area contributed by atoms with E-state index in [1.807, 2.05) is 0 Å². The molecule has 0 radical (unpaired) electrons. The molecule has 0 aromatic heterocycles. The first-order valence-electron chi connectivity index (χ1n) is 9.33. The molecule has 3 heterocycles. The number of fused-ring (bicyclic) bond motifs is 3. The maximum absolute atomic E-state index is 12.1. The summed E-state index contributed by atoms with van der Waals surface area (Å²) < 4.78 is 0. The fourth-order valence-corrected chi connectivity index (χ4v) is 5.08. The molecule has 2 heteroatoms. The molecule has 0 saturated carbocycles. The van der Waals surface area contributed by atoms with E-state index in [9.17, 15) is 5.11 Å². The minimum Gasteiger partial charge on any atom is -0.384 e. The highest BCUT2D eigenvalue weighted by Gasteiger charge is 2.50. The van der Waals surface area contributed by atoms with E-state index in [2.05, 4.69) is 61.5 Å². The van der Waals surface area contributed by atoms with Crippen LogP contribution in [0.1, 0.15) is 29.5 Å². The molecule has 5 rings (SSSR count). The summed E-state index contributed by atoms with van der Waals surface area (Å²) >= 11 is 0. The molecule has 126 valence electrons. The molecule has 2 bridgehead atoms. The lowest BCUT2D eigenvalue weighted by atomic mass is 9.65. The van der Waals surface area contributed by atoms with Gasteiger partial charge in [0.25, 0.3) is 0 Å². The molecule has 3 aliphatic rings. The van der Waals surface area contributed by atoms with Gasteiger partial charge in [0.2, 0.25) is 0 Å². The lowest BCUT2D eigenvalue weighted by Crippen LogP contribution is -3.16. The number of rotatable bonds is 4. The van der Waals surface area contributed by atoms with Crippen LogP contribution in [0.5, 0.6) is 0 Å². The third-order valence-corrected chi connectivity index (χ3v) is 6.36. The van der Waals surface area contributed by atoms with Gasteiger partial charge in [0.05, 0.1) is 19.6 Å². The second-order valence-electron chi connectivity index (χ2n) is 7.80. The van der Waals surface area contributed by atoms with Crippen LogP contribution in [0.25, 0.3) is 0 Å². The van der Waals surface area contributed by atoms with Gasteiger partial charge in [-0.05, 0) is 29.5 Å². The topological polar surface area (TPSA) is 24.7 Å². The molecule has 2 N–H and O–H groups in total. The van der Waals surface area contributed by atoms with Crippen molar-refractivity contribution in [3.8, 4) is 0 Å². The highest BCUT2D eigenvalue weighted by atomic mass is 16.3. The highest BCUT2D eigenvalue weighted by Crippen LogP contribution is 2.42. The van der Waals surface area contributed by atoms with Crippen LogP contribution in [-0.2, 0) is 12.0 Å². The van der Waals surface area contributed by atoms with E-state index in [0.29, 0.717) is 18.3 Å². The fraction of sp³-hybridized carbons (Fsp3) is 0.455. The highest BCUT2D eigenvalue weighted by molar-refractivity contribution is 5.34. The Morgan fingerprint density at radius 1 is 1.00 bits per heavy atom. The Morgan fingerprint density at radius 3 is 2.29 bits per heavy atom. The summed E-state index contributed by atoms with van der Waals surface area (Å²) in [6, 6.07) is 18.9. The second-order valence-corrected chi connectivity index (χ2v) is 7.80. The van der Waals surface area contributed by atoms with Gasteiger partial charge in [-0.15, -0.1) is 0 Å². The van der Waals surface area contributed by atoms with Crippen molar-refractivity contribution in [2.75, 3.05) is 19.6 Å². The average Bonchev–Trinajstić information content (AvgIpc) is 2.64. The van der Waals surface area contributed by atoms with Crippen molar-refractivity contribution < 1.29 is 10.0 Å². The van der Waals surface area contributed by atoms with Gasteiger partial charge in [0.15, 0.2) is 0 Å². The van der Waals surface area contributed by atoms with E-state index in [0.717, 1.165) is 12.1 Å². The zero-order chi connectivity index (χ0) is 16.6. The minimum atomic E-state index is -0.760. The van der Waals surface area contributed by atoms with Crippen molar-refractivity contribution in [2.24, 2.45) is 11.8 Å². The SMILES string of the molecule is Cc1ccccc1[C@@](O)(Cc1ccccc1)[C@H]1C[NH+]2CCC1CC2. The third kappa shape index (κ3) is 2.78. The zero-order valence-electron chi connectivity index (χ0n) is 14.5. The summed E-state index contributed by atoms with van der Waals surface area (Å²) in [5, 5.41) is 12.1. The van der Waals surface area contributed by atoms with Crippen LogP contribution in [-0.4, -0.2) is 24.7 Å². The van der Waals surface area contributed by atoms with E-state index in [1.165, 1.54) is 37.1 Å². The zero-order valence-corrected chi connectivity index (χ0v) is 14.5. The number of quaternary nitrogens is 1. The van der Waals surface area contributed by atoms with Crippen molar-refractivity contribution in [1.29, 1.82) is 0 Å². The molecule has 2 atom stereocenters. The monoisotopic (exact) mass is 322 g/mol. The predicted molar refractivity (Wildman–Crippen MR) is 97.0 cm³/mol. The number of benzene rings is 2. The molecular weight excluding hydrogens is 294 g/mol. The van der Waals surface area contributed by atoms with E-state index in [1.54, 1.807) is 4.90 Å². The lowest BCUT2D eigenvalue weighted by molar-refractivity contribution is -0.922. The van der Waals surface area contributed by atoms with Gasteiger partial charge in [-0.3, -0.25) is 0 Å². The maximum Gasteiger partial charge on any atom is 0.102 e. The van der Waals surface area contributed by atoms with Crippen LogP contribution >= 0.6 is 0 Å². The summed E-state index contributed by atoms with van der Waals surface area (Å²) in [5.41, 5.74) is 2.81. The number of aliphatic hydroxyl groups is 1. The molecule has 0 unspecified atom stereocenters. The first kappa shape index (κ1) is 15.9. The Kier molecular flexibility index (Phi) is 4.19. The predicted octanol–water partition coefficient (Wildman–Crippen LogP) is 2.35. The quantitative estimate of drug-likeness (QED) is 0.887. The molecule has 3 saturated heterocycles. The number of hydrogen-bond donors (Lipinski definition) is 2. The molecule has 3 aliphatic heterocycles. The summed E-state index contributed by atoms with van der Waals surface area (Å²) in [5.74, 6) is 1.02. The molecule has 0 aliphatic carbocycles. The summed E-state index contributed by atoms with van der Waals surface area (Å²) in [4.78, 5) is 1.68. The van der Waals surface area contributed by atoms with E-state index < -0.39 is 5.60 Å². The Hall–Kier alpha value is -1.64. The standard InChI is InChI=1S/C22H27NO/c1-17-7-5-6-10-20(17)22(24,15-18-8-3-2-4-9-18)21-16-23-13-11-19(21)12-14-23/h2-10,19,21,24H,11-16H2,1H3/p+1/t21-,22-/m0/s1. The number of hydrogen-bond acceptors (Lipinski definition) is 1. The fourth-order valence-electron chi connectivity index (χ4n) is 5.08. The van der Waals surface area contributed by atoms with Crippen LogP contribution in [0.4, 0.5) is 0 Å². The van der Waals surface area contributed by atoms with E-state index >= 15 is 0 Å². The molecule has 3 fully saturated rings. The molecular formula is C22H28NO+. The second kappa shape index (κ2) is 6.34. The Bertz CT molecular complexity index is 690. The van der Waals surface area contributed by atoms with Crippen molar-refractivity contribution in [1.82, 2.24) is 0 Å². The van der Waals surface area contributed by atoms with Crippen LogP contribution in [0.2, 0.25) is 0 Å².